The van der Waals surface area contributed by atoms with Crippen LogP contribution in [0.3, 0.4) is 0 Å². The molecular weight excluding hydrogens is 325 g/mol. The molecule has 1 aromatic rings. The molecule has 0 aliphatic carbocycles. The Labute approximate surface area is 126 Å². The molecule has 4 nitrogen and oxygen atoms in total. The molecule has 3 N–H and O–H groups in total. The van der Waals surface area contributed by atoms with E-state index in [0.29, 0.717) is 17.2 Å². The van der Waals surface area contributed by atoms with E-state index >= 15 is 0 Å². The van der Waals surface area contributed by atoms with Gasteiger partial charge in [-0.1, -0.05) is 18.5 Å². The van der Waals surface area contributed by atoms with Gasteiger partial charge in [0.25, 0.3) is 0 Å². The van der Waals surface area contributed by atoms with Crippen LogP contribution in [0.5, 0.6) is 0 Å². The molecule has 1 heterocycles. The average Bonchev–Trinajstić information content (AvgIpc) is 2.90. The third-order valence-corrected chi connectivity index (χ3v) is 4.54. The maximum Gasteiger partial charge on any atom is 0.171 e. The Hall–Kier alpha value is -1.30. The molecule has 6 heteroatoms. The van der Waals surface area contributed by atoms with Gasteiger partial charge in [-0.05, 0) is 46.8 Å². The van der Waals surface area contributed by atoms with Crippen LogP contribution in [0.4, 0.5) is 10.1 Å². The van der Waals surface area contributed by atoms with Crippen LogP contribution in [0.1, 0.15) is 31.7 Å². The van der Waals surface area contributed by atoms with E-state index in [4.69, 9.17) is 10.9 Å². The van der Waals surface area contributed by atoms with Gasteiger partial charge in [0, 0.05) is 18.7 Å². The monoisotopic (exact) mass is 343 g/mol. The minimum atomic E-state index is -0.355. The van der Waals surface area contributed by atoms with Gasteiger partial charge < -0.3 is 15.8 Å². The summed E-state index contributed by atoms with van der Waals surface area (Å²) in [5.74, 6) is 0.181. The van der Waals surface area contributed by atoms with Gasteiger partial charge in [-0.25, -0.2) is 4.39 Å². The van der Waals surface area contributed by atoms with Crippen molar-refractivity contribution in [3.63, 3.8) is 0 Å². The van der Waals surface area contributed by atoms with Crippen LogP contribution in [0.25, 0.3) is 0 Å². The lowest BCUT2D eigenvalue weighted by atomic mass is 10.0. The van der Waals surface area contributed by atoms with E-state index in [1.54, 1.807) is 12.1 Å². The van der Waals surface area contributed by atoms with Crippen LogP contribution in [0, 0.1) is 11.7 Å². The predicted molar refractivity (Wildman–Crippen MR) is 81.8 cm³/mol. The minimum Gasteiger partial charge on any atom is -0.409 e. The van der Waals surface area contributed by atoms with E-state index in [9.17, 15) is 4.39 Å². The van der Waals surface area contributed by atoms with Gasteiger partial charge in [0.15, 0.2) is 11.7 Å². The first-order valence-electron chi connectivity index (χ1n) is 6.79. The molecule has 1 unspecified atom stereocenters. The Morgan fingerprint density at radius 1 is 1.60 bits per heavy atom. The molecule has 1 saturated heterocycles. The maximum absolute atomic E-state index is 14.4. The van der Waals surface area contributed by atoms with Crippen molar-refractivity contribution in [1.82, 2.24) is 0 Å². The lowest BCUT2D eigenvalue weighted by Gasteiger charge is -2.20. The zero-order valence-corrected chi connectivity index (χ0v) is 13.0. The first-order valence-corrected chi connectivity index (χ1v) is 7.58. The molecule has 2 rings (SSSR count). The van der Waals surface area contributed by atoms with Gasteiger partial charge >= 0.3 is 0 Å². The average molecular weight is 344 g/mol. The summed E-state index contributed by atoms with van der Waals surface area (Å²) in [5.41, 5.74) is 6.45. The number of nitrogens with zero attached hydrogens (tertiary/aromatic N) is 2. The van der Waals surface area contributed by atoms with Crippen molar-refractivity contribution in [3.05, 3.63) is 28.0 Å². The fraction of sp³-hybridized carbons (Fsp3) is 0.500. The van der Waals surface area contributed by atoms with Gasteiger partial charge in [-0.3, -0.25) is 0 Å². The number of rotatable bonds is 4. The fourth-order valence-corrected chi connectivity index (χ4v) is 3.27. The van der Waals surface area contributed by atoms with Crippen molar-refractivity contribution in [2.45, 2.75) is 26.2 Å². The normalized spacial score (nSPS) is 19.6. The second-order valence-electron chi connectivity index (χ2n) is 5.13. The summed E-state index contributed by atoms with van der Waals surface area (Å²) in [6.07, 6.45) is 3.45. The van der Waals surface area contributed by atoms with Crippen LogP contribution in [0.15, 0.2) is 21.8 Å². The summed E-state index contributed by atoms with van der Waals surface area (Å²) in [7, 11) is 0. The first kappa shape index (κ1) is 15.1. The van der Waals surface area contributed by atoms with Crippen LogP contribution in [0.2, 0.25) is 0 Å². The number of anilines is 1. The molecule has 0 saturated carbocycles. The third-order valence-electron chi connectivity index (χ3n) is 3.77. The van der Waals surface area contributed by atoms with Crippen molar-refractivity contribution in [2.24, 2.45) is 16.8 Å². The van der Waals surface area contributed by atoms with E-state index in [0.717, 1.165) is 25.9 Å². The quantitative estimate of drug-likeness (QED) is 0.381. The van der Waals surface area contributed by atoms with Crippen molar-refractivity contribution >= 4 is 27.5 Å². The van der Waals surface area contributed by atoms with Gasteiger partial charge in [0.1, 0.15) is 0 Å². The SMILES string of the molecule is CCCC1CCN(c2ccc(/C(N)=N/O)c(Br)c2F)C1. The number of halogens is 2. The summed E-state index contributed by atoms with van der Waals surface area (Å²) >= 11 is 3.19. The summed E-state index contributed by atoms with van der Waals surface area (Å²) in [6.45, 7) is 3.93. The Morgan fingerprint density at radius 2 is 2.35 bits per heavy atom. The lowest BCUT2D eigenvalue weighted by molar-refractivity contribution is 0.318. The Morgan fingerprint density at radius 3 is 3.00 bits per heavy atom. The molecule has 20 heavy (non-hydrogen) atoms. The van der Waals surface area contributed by atoms with Gasteiger partial charge in [0.2, 0.25) is 0 Å². The van der Waals surface area contributed by atoms with Crippen molar-refractivity contribution in [2.75, 3.05) is 18.0 Å². The number of benzene rings is 1. The van der Waals surface area contributed by atoms with Crippen LogP contribution in [-0.2, 0) is 0 Å². The highest BCUT2D eigenvalue weighted by molar-refractivity contribution is 9.10. The Bertz CT molecular complexity index is 521. The molecule has 110 valence electrons. The Balaban J connectivity index is 2.25. The molecule has 1 atom stereocenters. The highest BCUT2D eigenvalue weighted by Crippen LogP contribution is 2.33. The molecule has 1 fully saturated rings. The van der Waals surface area contributed by atoms with Gasteiger partial charge in [0.05, 0.1) is 10.2 Å². The van der Waals surface area contributed by atoms with Crippen molar-refractivity contribution < 1.29 is 9.60 Å². The molecule has 0 amide bonds. The van der Waals surface area contributed by atoms with Gasteiger partial charge in [-0.2, -0.15) is 0 Å². The van der Waals surface area contributed by atoms with E-state index in [2.05, 4.69) is 32.9 Å². The molecule has 0 spiro atoms. The zero-order chi connectivity index (χ0) is 14.7. The summed E-state index contributed by atoms with van der Waals surface area (Å²) in [6, 6.07) is 3.37. The molecular formula is C14H19BrFN3O. The van der Waals surface area contributed by atoms with Crippen LogP contribution in [-0.4, -0.2) is 24.1 Å². The number of nitrogens with two attached hydrogens (primary N) is 1. The predicted octanol–water partition coefficient (Wildman–Crippen LogP) is 3.31. The highest BCUT2D eigenvalue weighted by Gasteiger charge is 2.25. The van der Waals surface area contributed by atoms with Crippen LogP contribution < -0.4 is 10.6 Å². The molecule has 1 aliphatic heterocycles. The Kier molecular flexibility index (Phi) is 4.86. The summed E-state index contributed by atoms with van der Waals surface area (Å²) in [4.78, 5) is 2.07. The fourth-order valence-electron chi connectivity index (χ4n) is 2.73. The standard InChI is InChI=1S/C14H19BrFN3O/c1-2-3-9-6-7-19(8-9)11-5-4-10(14(17)18-20)12(15)13(11)16/h4-5,9,20H,2-3,6-8H2,1H3,(H2,17,18). The topological polar surface area (TPSA) is 61.8 Å². The second-order valence-corrected chi connectivity index (χ2v) is 5.93. The second kappa shape index (κ2) is 6.43. The van der Waals surface area contributed by atoms with E-state index in [1.165, 1.54) is 6.42 Å². The first-order chi connectivity index (χ1) is 9.58. The lowest BCUT2D eigenvalue weighted by Crippen LogP contribution is -2.22. The molecule has 0 radical (unpaired) electrons. The number of amidine groups is 1. The molecule has 0 bridgehead atoms. The smallest absolute Gasteiger partial charge is 0.171 e. The summed E-state index contributed by atoms with van der Waals surface area (Å²) < 4.78 is 14.7. The molecule has 1 aromatic carbocycles. The van der Waals surface area contributed by atoms with Crippen LogP contribution >= 0.6 is 15.9 Å². The number of hydrogen-bond acceptors (Lipinski definition) is 3. The minimum absolute atomic E-state index is 0.104. The summed E-state index contributed by atoms with van der Waals surface area (Å²) in [5, 5.41) is 11.6. The van der Waals surface area contributed by atoms with E-state index in [1.807, 2.05) is 0 Å². The van der Waals surface area contributed by atoms with Crippen molar-refractivity contribution in [1.29, 1.82) is 0 Å². The number of hydrogen-bond donors (Lipinski definition) is 2. The maximum atomic E-state index is 14.4. The number of oxime groups is 1. The molecule has 0 aromatic heterocycles. The van der Waals surface area contributed by atoms with E-state index in [-0.39, 0.29) is 16.1 Å². The van der Waals surface area contributed by atoms with Gasteiger partial charge in [-0.15, -0.1) is 0 Å². The highest BCUT2D eigenvalue weighted by atomic mass is 79.9. The van der Waals surface area contributed by atoms with E-state index < -0.39 is 0 Å². The largest absolute Gasteiger partial charge is 0.409 e. The third kappa shape index (κ3) is 2.90. The zero-order valence-electron chi connectivity index (χ0n) is 11.4. The van der Waals surface area contributed by atoms with Crippen molar-refractivity contribution in [3.8, 4) is 0 Å². The molecule has 1 aliphatic rings.